The predicted molar refractivity (Wildman–Crippen MR) is 33.2 cm³/mol. The molecule has 0 amide bonds. The molecule has 1 rings (SSSR count). The molecule has 0 spiro atoms. The Bertz CT molecular complexity index is 273. The van der Waals surface area contributed by atoms with Crippen molar-refractivity contribution >= 4 is 24.6 Å². The van der Waals surface area contributed by atoms with Crippen molar-refractivity contribution in [2.24, 2.45) is 0 Å². The van der Waals surface area contributed by atoms with Crippen LogP contribution < -0.4 is 0 Å². The van der Waals surface area contributed by atoms with Gasteiger partial charge in [0.05, 0.1) is 0 Å². The summed E-state index contributed by atoms with van der Waals surface area (Å²) in [6.07, 6.45) is 0. The average molecular weight is 211 g/mol. The van der Waals surface area contributed by atoms with Gasteiger partial charge in [-0.3, -0.25) is 0 Å². The molecule has 0 aliphatic rings. The summed E-state index contributed by atoms with van der Waals surface area (Å²) in [5.74, 6) is 0. The third-order valence-corrected chi connectivity index (χ3v) is 4.61. The summed E-state index contributed by atoms with van der Waals surface area (Å²) in [6.45, 7) is 0. The quantitative estimate of drug-likeness (QED) is 0.525. The van der Waals surface area contributed by atoms with Crippen LogP contribution in [0.3, 0.4) is 0 Å². The number of hydrogen-bond donors (Lipinski definition) is 1. The van der Waals surface area contributed by atoms with Gasteiger partial charge >= 0.3 is 58.4 Å². The molecule has 0 bridgehead atoms. The molecule has 0 fully saturated rings. The van der Waals surface area contributed by atoms with Gasteiger partial charge in [-0.2, -0.15) is 0 Å². The Morgan fingerprint density at radius 1 is 1.56 bits per heavy atom. The van der Waals surface area contributed by atoms with Crippen molar-refractivity contribution in [3.8, 4) is 0 Å². The molecular weight excluding hydrogens is 207 g/mol. The fraction of sp³-hybridized carbons (Fsp3) is 0. The molecule has 1 aromatic heterocycles. The average Bonchev–Trinajstić information content (AvgIpc) is 2.08. The van der Waals surface area contributed by atoms with Gasteiger partial charge in [0.25, 0.3) is 0 Å². The summed E-state index contributed by atoms with van der Waals surface area (Å²) in [6, 6.07) is 3.04. The van der Waals surface area contributed by atoms with Crippen LogP contribution in [-0.4, -0.2) is 27.5 Å². The molecule has 0 aromatic carbocycles. The van der Waals surface area contributed by atoms with Crippen LogP contribution in [0.2, 0.25) is 0 Å². The first-order valence-electron chi connectivity index (χ1n) is 2.12. The Morgan fingerprint density at radius 2 is 2.22 bits per heavy atom. The second kappa shape index (κ2) is 2.27. The molecule has 5 heteroatoms. The number of hydrogen-bond acceptors (Lipinski definition) is 2. The van der Waals surface area contributed by atoms with Crippen LogP contribution in [0.4, 0.5) is 0 Å². The van der Waals surface area contributed by atoms with Crippen molar-refractivity contribution in [2.45, 2.75) is 3.77 Å². The van der Waals surface area contributed by atoms with Gasteiger partial charge < -0.3 is 0 Å². The molecule has 0 saturated carbocycles. The SMILES string of the molecule is O=S(=O)(O)c1ccc[se]1. The van der Waals surface area contributed by atoms with Gasteiger partial charge in [-0.15, -0.1) is 0 Å². The maximum absolute atomic E-state index is 10.3. The first-order valence-corrected chi connectivity index (χ1v) is 5.40. The monoisotopic (exact) mass is 212 g/mol. The van der Waals surface area contributed by atoms with Crippen molar-refractivity contribution in [2.75, 3.05) is 0 Å². The van der Waals surface area contributed by atoms with Crippen molar-refractivity contribution in [1.29, 1.82) is 0 Å². The maximum atomic E-state index is 10.3. The first kappa shape index (κ1) is 7.02. The van der Waals surface area contributed by atoms with Crippen molar-refractivity contribution < 1.29 is 13.0 Å². The van der Waals surface area contributed by atoms with E-state index in [2.05, 4.69) is 0 Å². The molecule has 1 heterocycles. The molecule has 0 aliphatic heterocycles. The molecule has 50 valence electrons. The molecule has 9 heavy (non-hydrogen) atoms. The van der Waals surface area contributed by atoms with E-state index >= 15 is 0 Å². The van der Waals surface area contributed by atoms with Crippen LogP contribution >= 0.6 is 0 Å². The van der Waals surface area contributed by atoms with E-state index in [0.29, 0.717) is 0 Å². The summed E-state index contributed by atoms with van der Waals surface area (Å²) < 4.78 is 29.1. The van der Waals surface area contributed by atoms with Crippen LogP contribution in [0.25, 0.3) is 0 Å². The fourth-order valence-electron chi connectivity index (χ4n) is 0.410. The van der Waals surface area contributed by atoms with Gasteiger partial charge in [-0.25, -0.2) is 0 Å². The van der Waals surface area contributed by atoms with Crippen molar-refractivity contribution in [3.05, 3.63) is 17.1 Å². The minimum atomic E-state index is -3.88. The standard InChI is InChI=1S/C4H4O3SSe/c5-8(6,7)4-2-1-3-9-4/h1-3H,(H,5,6,7). The topological polar surface area (TPSA) is 54.4 Å². The minimum absolute atomic E-state index is 0.134. The van der Waals surface area contributed by atoms with Gasteiger partial charge in [-0.05, 0) is 0 Å². The summed E-state index contributed by atoms with van der Waals surface area (Å²) in [4.78, 5) is 1.73. The summed E-state index contributed by atoms with van der Waals surface area (Å²) in [7, 11) is -3.88. The van der Waals surface area contributed by atoms with E-state index in [4.69, 9.17) is 4.55 Å². The van der Waals surface area contributed by atoms with Crippen LogP contribution in [0.15, 0.2) is 20.8 Å². The normalized spacial score (nSPS) is 11.7. The third-order valence-electron chi connectivity index (χ3n) is 0.749. The predicted octanol–water partition coefficient (Wildman–Crippen LogP) is -0.00970. The third kappa shape index (κ3) is 1.66. The molecular formula is C4H4O3SSe. The van der Waals surface area contributed by atoms with E-state index in [1.54, 1.807) is 11.0 Å². The van der Waals surface area contributed by atoms with E-state index in [-0.39, 0.29) is 18.3 Å². The van der Waals surface area contributed by atoms with E-state index < -0.39 is 10.1 Å². The molecule has 0 radical (unpaired) electrons. The van der Waals surface area contributed by atoms with Gasteiger partial charge in [0.15, 0.2) is 0 Å². The van der Waals surface area contributed by atoms with Gasteiger partial charge in [-0.1, -0.05) is 0 Å². The van der Waals surface area contributed by atoms with Gasteiger partial charge in [0, 0.05) is 0 Å². The summed E-state index contributed by atoms with van der Waals surface area (Å²) >= 11 is -0.187. The van der Waals surface area contributed by atoms with Crippen molar-refractivity contribution in [3.63, 3.8) is 0 Å². The Hall–Kier alpha value is -0.0905. The Morgan fingerprint density at radius 3 is 2.44 bits per heavy atom. The second-order valence-corrected chi connectivity index (χ2v) is 5.37. The zero-order chi connectivity index (χ0) is 6.91. The molecule has 0 saturated heterocycles. The zero-order valence-electron chi connectivity index (χ0n) is 4.31. The first-order chi connectivity index (χ1) is 4.11. The Kier molecular flexibility index (Phi) is 1.77. The van der Waals surface area contributed by atoms with E-state index in [9.17, 15) is 8.42 Å². The van der Waals surface area contributed by atoms with E-state index in [1.165, 1.54) is 6.07 Å². The van der Waals surface area contributed by atoms with Crippen LogP contribution in [0, 0.1) is 0 Å². The fourth-order valence-corrected chi connectivity index (χ4v) is 2.78. The van der Waals surface area contributed by atoms with Gasteiger partial charge in [0.2, 0.25) is 0 Å². The Balaban J connectivity index is 3.20. The molecule has 0 aliphatic carbocycles. The van der Waals surface area contributed by atoms with Gasteiger partial charge in [0.1, 0.15) is 0 Å². The molecule has 1 N–H and O–H groups in total. The van der Waals surface area contributed by atoms with Crippen LogP contribution in [0.5, 0.6) is 0 Å². The molecule has 0 unspecified atom stereocenters. The summed E-state index contributed by atoms with van der Waals surface area (Å²) in [5.41, 5.74) is 0. The molecule has 1 aromatic rings. The van der Waals surface area contributed by atoms with Crippen LogP contribution in [-0.2, 0) is 10.1 Å². The summed E-state index contributed by atoms with van der Waals surface area (Å²) in [5, 5.41) is 0. The van der Waals surface area contributed by atoms with Crippen LogP contribution in [0.1, 0.15) is 0 Å². The molecule has 0 atom stereocenters. The second-order valence-electron chi connectivity index (χ2n) is 1.41. The van der Waals surface area contributed by atoms with Crippen molar-refractivity contribution in [1.82, 2.24) is 0 Å². The molecule has 3 nitrogen and oxygen atoms in total. The zero-order valence-corrected chi connectivity index (χ0v) is 6.84. The Labute approximate surface area is 58.8 Å². The number of rotatable bonds is 1. The van der Waals surface area contributed by atoms with E-state index in [1.807, 2.05) is 0 Å². The van der Waals surface area contributed by atoms with E-state index in [0.717, 1.165) is 0 Å².